The lowest BCUT2D eigenvalue weighted by Crippen LogP contribution is -2.60. The van der Waals surface area contributed by atoms with Gasteiger partial charge in [-0.15, -0.1) is 0 Å². The first-order valence-electron chi connectivity index (χ1n) is 7.45. The molecule has 0 aromatic carbocycles. The van der Waals surface area contributed by atoms with Gasteiger partial charge in [0.05, 0.1) is 0 Å². The van der Waals surface area contributed by atoms with Crippen molar-refractivity contribution in [2.45, 2.75) is 70.5 Å². The molecule has 2 aliphatic rings. The maximum Gasteiger partial charge on any atom is 0.217 e. The summed E-state index contributed by atoms with van der Waals surface area (Å²) in [6.07, 6.45) is 6.84. The monoisotopic (exact) mass is 283 g/mol. The molecule has 0 aliphatic carbocycles. The van der Waals surface area contributed by atoms with Crippen LogP contribution in [0.5, 0.6) is 0 Å². The number of amides is 1. The largest absolute Gasteiger partial charge is 0.363 e. The van der Waals surface area contributed by atoms with E-state index in [0.717, 1.165) is 30.9 Å². The van der Waals surface area contributed by atoms with Crippen LogP contribution in [-0.2, 0) is 4.79 Å². The van der Waals surface area contributed by atoms with Crippen LogP contribution in [0.3, 0.4) is 0 Å². The van der Waals surface area contributed by atoms with Gasteiger partial charge < -0.3 is 15.5 Å². The number of fused-ring (bicyclic) bond motifs is 2. The number of hydrogen-bond donors (Lipinski definition) is 2. The summed E-state index contributed by atoms with van der Waals surface area (Å²) in [5.74, 6) is 0.0863. The van der Waals surface area contributed by atoms with Gasteiger partial charge in [-0.2, -0.15) is 0 Å². The van der Waals surface area contributed by atoms with Crippen LogP contribution in [0.15, 0.2) is 0 Å². The molecule has 0 unspecified atom stereocenters. The Hall–Kier alpha value is -0.840. The van der Waals surface area contributed by atoms with Crippen molar-refractivity contribution in [2.75, 3.05) is 6.54 Å². The van der Waals surface area contributed by atoms with Gasteiger partial charge in [0.15, 0.2) is 5.11 Å². The maximum absolute atomic E-state index is 11.2. The van der Waals surface area contributed by atoms with Crippen molar-refractivity contribution >= 4 is 23.2 Å². The van der Waals surface area contributed by atoms with Crippen molar-refractivity contribution in [3.63, 3.8) is 0 Å². The van der Waals surface area contributed by atoms with E-state index in [1.54, 1.807) is 6.92 Å². The first-order chi connectivity index (χ1) is 9.11. The van der Waals surface area contributed by atoms with E-state index in [1.807, 2.05) is 0 Å². The van der Waals surface area contributed by atoms with Crippen LogP contribution in [0.25, 0.3) is 0 Å². The Morgan fingerprint density at radius 3 is 2.47 bits per heavy atom. The van der Waals surface area contributed by atoms with E-state index in [-0.39, 0.29) is 5.91 Å². The molecule has 1 amide bonds. The molecular formula is C14H25N3OS. The van der Waals surface area contributed by atoms with Gasteiger partial charge in [0, 0.05) is 31.6 Å². The summed E-state index contributed by atoms with van der Waals surface area (Å²) >= 11 is 5.55. The predicted molar refractivity (Wildman–Crippen MR) is 81.0 cm³/mol. The van der Waals surface area contributed by atoms with Gasteiger partial charge in [-0.25, -0.2) is 0 Å². The van der Waals surface area contributed by atoms with Crippen molar-refractivity contribution in [3.8, 4) is 0 Å². The van der Waals surface area contributed by atoms with Gasteiger partial charge in [-0.05, 0) is 50.7 Å². The smallest absolute Gasteiger partial charge is 0.217 e. The molecular weight excluding hydrogens is 258 g/mol. The van der Waals surface area contributed by atoms with Crippen LogP contribution < -0.4 is 10.6 Å². The highest BCUT2D eigenvalue weighted by molar-refractivity contribution is 7.80. The lowest BCUT2D eigenvalue weighted by Gasteiger charge is -2.50. The molecule has 0 radical (unpaired) electrons. The van der Waals surface area contributed by atoms with Gasteiger partial charge in [-0.3, -0.25) is 4.79 Å². The highest BCUT2D eigenvalue weighted by Crippen LogP contribution is 2.34. The molecule has 5 heteroatoms. The molecule has 2 N–H and O–H groups in total. The minimum Gasteiger partial charge on any atom is -0.363 e. The van der Waals surface area contributed by atoms with Gasteiger partial charge in [-0.1, -0.05) is 6.92 Å². The number of rotatable bonds is 3. The second-order valence-electron chi connectivity index (χ2n) is 5.75. The lowest BCUT2D eigenvalue weighted by molar-refractivity contribution is -0.120. The van der Waals surface area contributed by atoms with Gasteiger partial charge in [0.1, 0.15) is 0 Å². The minimum absolute atomic E-state index is 0.0863. The third-order valence-electron chi connectivity index (χ3n) is 4.14. The van der Waals surface area contributed by atoms with Crippen molar-refractivity contribution < 1.29 is 4.79 Å². The molecule has 2 atom stereocenters. The van der Waals surface area contributed by atoms with E-state index >= 15 is 0 Å². The SMILES string of the molecule is CCCNC(=S)N1[C@H]2CCC[C@H]1CC(NC(C)=O)C2. The fraction of sp³-hybridized carbons (Fsp3) is 0.857. The Labute approximate surface area is 121 Å². The Morgan fingerprint density at radius 2 is 1.95 bits per heavy atom. The van der Waals surface area contributed by atoms with Gasteiger partial charge in [0.2, 0.25) is 5.91 Å². The molecule has 2 saturated heterocycles. The summed E-state index contributed by atoms with van der Waals surface area (Å²) in [6, 6.07) is 1.33. The van der Waals surface area contributed by atoms with Gasteiger partial charge in [0.25, 0.3) is 0 Å². The number of piperidine rings is 2. The zero-order chi connectivity index (χ0) is 13.8. The fourth-order valence-electron chi connectivity index (χ4n) is 3.44. The van der Waals surface area contributed by atoms with E-state index in [1.165, 1.54) is 19.3 Å². The van der Waals surface area contributed by atoms with Crippen LogP contribution in [-0.4, -0.2) is 40.6 Å². The Bertz CT molecular complexity index is 334. The van der Waals surface area contributed by atoms with E-state index in [9.17, 15) is 4.79 Å². The quantitative estimate of drug-likeness (QED) is 0.775. The molecule has 0 saturated carbocycles. The Kier molecular flexibility index (Phi) is 5.02. The van der Waals surface area contributed by atoms with E-state index in [2.05, 4.69) is 22.5 Å². The van der Waals surface area contributed by atoms with E-state index < -0.39 is 0 Å². The number of carbonyl (C=O) groups excluding carboxylic acids is 1. The average molecular weight is 283 g/mol. The first-order valence-corrected chi connectivity index (χ1v) is 7.86. The molecule has 2 rings (SSSR count). The number of nitrogens with one attached hydrogen (secondary N) is 2. The summed E-state index contributed by atoms with van der Waals surface area (Å²) < 4.78 is 0. The molecule has 108 valence electrons. The third kappa shape index (κ3) is 3.59. The summed E-state index contributed by atoms with van der Waals surface area (Å²) in [5.41, 5.74) is 0. The zero-order valence-corrected chi connectivity index (χ0v) is 12.8. The second-order valence-corrected chi connectivity index (χ2v) is 6.13. The topological polar surface area (TPSA) is 44.4 Å². The minimum atomic E-state index is 0.0863. The molecule has 2 heterocycles. The number of carbonyl (C=O) groups is 1. The standard InChI is InChI=1S/C14H25N3OS/c1-3-7-15-14(19)17-12-5-4-6-13(17)9-11(8-12)16-10(2)18/h11-13H,3-9H2,1-2H3,(H,15,19)(H,16,18)/t12-,13-/m0/s1. The average Bonchev–Trinajstić information content (AvgIpc) is 2.34. The molecule has 0 aromatic rings. The van der Waals surface area contributed by atoms with Crippen LogP contribution in [0.2, 0.25) is 0 Å². The molecule has 2 aliphatic heterocycles. The van der Waals surface area contributed by atoms with Crippen molar-refractivity contribution in [3.05, 3.63) is 0 Å². The Balaban J connectivity index is 1.99. The maximum atomic E-state index is 11.2. The molecule has 0 spiro atoms. The first kappa shape index (κ1) is 14.6. The lowest BCUT2D eigenvalue weighted by atomic mass is 9.82. The highest BCUT2D eigenvalue weighted by atomic mass is 32.1. The van der Waals surface area contributed by atoms with Crippen molar-refractivity contribution in [1.29, 1.82) is 0 Å². The third-order valence-corrected chi connectivity index (χ3v) is 4.50. The normalized spacial score (nSPS) is 29.8. The summed E-state index contributed by atoms with van der Waals surface area (Å²) in [4.78, 5) is 13.6. The van der Waals surface area contributed by atoms with Crippen LogP contribution in [0.4, 0.5) is 0 Å². The predicted octanol–water partition coefficient (Wildman–Crippen LogP) is 1.79. The highest BCUT2D eigenvalue weighted by Gasteiger charge is 2.39. The molecule has 0 aromatic heterocycles. The molecule has 19 heavy (non-hydrogen) atoms. The number of hydrogen-bond acceptors (Lipinski definition) is 2. The molecule has 2 bridgehead atoms. The van der Waals surface area contributed by atoms with Crippen molar-refractivity contribution in [2.24, 2.45) is 0 Å². The number of nitrogens with zero attached hydrogens (tertiary/aromatic N) is 1. The summed E-state index contributed by atoms with van der Waals surface area (Å²) in [6.45, 7) is 4.71. The Morgan fingerprint density at radius 1 is 1.32 bits per heavy atom. The fourth-order valence-corrected chi connectivity index (χ4v) is 3.84. The van der Waals surface area contributed by atoms with E-state index in [4.69, 9.17) is 12.2 Å². The number of thiocarbonyl (C=S) groups is 1. The summed E-state index contributed by atoms with van der Waals surface area (Å²) in [5, 5.41) is 7.35. The second kappa shape index (κ2) is 6.55. The molecule has 2 fully saturated rings. The van der Waals surface area contributed by atoms with Crippen LogP contribution >= 0.6 is 12.2 Å². The van der Waals surface area contributed by atoms with Gasteiger partial charge >= 0.3 is 0 Å². The van der Waals surface area contributed by atoms with Crippen molar-refractivity contribution in [1.82, 2.24) is 15.5 Å². The molecule has 4 nitrogen and oxygen atoms in total. The van der Waals surface area contributed by atoms with E-state index in [0.29, 0.717) is 18.1 Å². The zero-order valence-electron chi connectivity index (χ0n) is 11.9. The van der Waals surface area contributed by atoms with Crippen LogP contribution in [0.1, 0.15) is 52.4 Å². The summed E-state index contributed by atoms with van der Waals surface area (Å²) in [7, 11) is 0. The van der Waals surface area contributed by atoms with Crippen LogP contribution in [0, 0.1) is 0 Å².